The molecule has 2 atom stereocenters. The van der Waals surface area contributed by atoms with E-state index in [0.717, 1.165) is 12.5 Å². The highest BCUT2D eigenvalue weighted by atomic mass is 14.9. The van der Waals surface area contributed by atoms with Gasteiger partial charge in [0.05, 0.1) is 0 Å². The van der Waals surface area contributed by atoms with Gasteiger partial charge in [0.15, 0.2) is 0 Å². The molecular formula is C11H23N. The molecule has 0 rings (SSSR count). The molecule has 0 aliphatic heterocycles. The maximum absolute atomic E-state index is 3.85. The Morgan fingerprint density at radius 2 is 1.92 bits per heavy atom. The molecule has 0 saturated carbocycles. The minimum absolute atomic E-state index is 0.477. The van der Waals surface area contributed by atoms with E-state index in [2.05, 4.69) is 39.6 Å². The summed E-state index contributed by atoms with van der Waals surface area (Å²) in [7, 11) is 0. The van der Waals surface area contributed by atoms with E-state index in [1.165, 1.54) is 6.42 Å². The standard InChI is InChI=1S/C11H23N/c1-6-8-12-11(7-2)10(5)9(3)4/h7,9-12H,2,6,8H2,1,3-5H3. The average molecular weight is 169 g/mol. The second kappa shape index (κ2) is 6.24. The summed E-state index contributed by atoms with van der Waals surface area (Å²) in [4.78, 5) is 0. The van der Waals surface area contributed by atoms with Crippen molar-refractivity contribution in [3.63, 3.8) is 0 Å². The van der Waals surface area contributed by atoms with Crippen molar-refractivity contribution in [2.75, 3.05) is 6.54 Å². The fourth-order valence-corrected chi connectivity index (χ4v) is 1.21. The minimum atomic E-state index is 0.477. The van der Waals surface area contributed by atoms with Gasteiger partial charge < -0.3 is 5.32 Å². The van der Waals surface area contributed by atoms with E-state index in [-0.39, 0.29) is 0 Å². The van der Waals surface area contributed by atoms with Crippen molar-refractivity contribution < 1.29 is 0 Å². The Balaban J connectivity index is 3.87. The lowest BCUT2D eigenvalue weighted by molar-refractivity contribution is 0.340. The third-order valence-corrected chi connectivity index (χ3v) is 2.50. The summed E-state index contributed by atoms with van der Waals surface area (Å²) in [5.74, 6) is 1.39. The second-order valence-electron chi connectivity index (χ2n) is 3.82. The van der Waals surface area contributed by atoms with Crippen LogP contribution in [0.1, 0.15) is 34.1 Å². The zero-order valence-corrected chi connectivity index (χ0v) is 8.93. The first-order chi connectivity index (χ1) is 5.63. The number of hydrogen-bond donors (Lipinski definition) is 1. The van der Waals surface area contributed by atoms with Gasteiger partial charge in [-0.25, -0.2) is 0 Å². The maximum Gasteiger partial charge on any atom is 0.0275 e. The summed E-state index contributed by atoms with van der Waals surface area (Å²) in [6.45, 7) is 13.9. The van der Waals surface area contributed by atoms with Crippen molar-refractivity contribution in [1.29, 1.82) is 0 Å². The van der Waals surface area contributed by atoms with Crippen molar-refractivity contribution in [3.05, 3.63) is 12.7 Å². The molecule has 0 aromatic carbocycles. The second-order valence-corrected chi connectivity index (χ2v) is 3.82. The molecule has 0 amide bonds. The molecule has 72 valence electrons. The van der Waals surface area contributed by atoms with E-state index in [9.17, 15) is 0 Å². The van der Waals surface area contributed by atoms with Gasteiger partial charge in [-0.05, 0) is 24.8 Å². The Bertz CT molecular complexity index is 118. The van der Waals surface area contributed by atoms with Crippen molar-refractivity contribution in [2.24, 2.45) is 11.8 Å². The SMILES string of the molecule is C=CC(NCCC)C(C)C(C)C. The van der Waals surface area contributed by atoms with Gasteiger partial charge in [-0.2, -0.15) is 0 Å². The van der Waals surface area contributed by atoms with Crippen molar-refractivity contribution in [2.45, 2.75) is 40.2 Å². The fourth-order valence-electron chi connectivity index (χ4n) is 1.21. The van der Waals surface area contributed by atoms with Gasteiger partial charge in [0, 0.05) is 6.04 Å². The highest BCUT2D eigenvalue weighted by molar-refractivity contribution is 4.90. The van der Waals surface area contributed by atoms with Gasteiger partial charge in [0.1, 0.15) is 0 Å². The lowest BCUT2D eigenvalue weighted by Gasteiger charge is -2.25. The van der Waals surface area contributed by atoms with Crippen LogP contribution in [0.4, 0.5) is 0 Å². The van der Waals surface area contributed by atoms with Crippen LogP contribution in [0.5, 0.6) is 0 Å². The first kappa shape index (κ1) is 11.7. The van der Waals surface area contributed by atoms with Gasteiger partial charge in [-0.3, -0.25) is 0 Å². The third-order valence-electron chi connectivity index (χ3n) is 2.50. The number of hydrogen-bond acceptors (Lipinski definition) is 1. The zero-order valence-electron chi connectivity index (χ0n) is 8.93. The molecule has 1 N–H and O–H groups in total. The summed E-state index contributed by atoms with van der Waals surface area (Å²) in [6.07, 6.45) is 3.22. The van der Waals surface area contributed by atoms with E-state index in [0.29, 0.717) is 12.0 Å². The highest BCUT2D eigenvalue weighted by Gasteiger charge is 2.15. The molecule has 0 radical (unpaired) electrons. The molecule has 0 aromatic rings. The highest BCUT2D eigenvalue weighted by Crippen LogP contribution is 2.14. The smallest absolute Gasteiger partial charge is 0.0275 e. The summed E-state index contributed by atoms with van der Waals surface area (Å²) in [5, 5.41) is 3.48. The van der Waals surface area contributed by atoms with Gasteiger partial charge in [0.25, 0.3) is 0 Å². The van der Waals surface area contributed by atoms with Crippen LogP contribution in [0, 0.1) is 11.8 Å². The molecule has 0 bridgehead atoms. The monoisotopic (exact) mass is 169 g/mol. The number of rotatable bonds is 6. The largest absolute Gasteiger partial charge is 0.310 e. The molecule has 0 aliphatic rings. The summed E-state index contributed by atoms with van der Waals surface area (Å²) in [5.41, 5.74) is 0. The van der Waals surface area contributed by atoms with Crippen LogP contribution in [0.2, 0.25) is 0 Å². The fraction of sp³-hybridized carbons (Fsp3) is 0.818. The predicted molar refractivity (Wildman–Crippen MR) is 56.3 cm³/mol. The van der Waals surface area contributed by atoms with Gasteiger partial charge in [0.2, 0.25) is 0 Å². The van der Waals surface area contributed by atoms with Gasteiger partial charge >= 0.3 is 0 Å². The first-order valence-electron chi connectivity index (χ1n) is 4.99. The molecule has 0 fully saturated rings. The Morgan fingerprint density at radius 1 is 1.33 bits per heavy atom. The van der Waals surface area contributed by atoms with E-state index < -0.39 is 0 Å². The first-order valence-corrected chi connectivity index (χ1v) is 4.99. The Morgan fingerprint density at radius 3 is 2.25 bits per heavy atom. The van der Waals surface area contributed by atoms with Crippen LogP contribution in [0.3, 0.4) is 0 Å². The van der Waals surface area contributed by atoms with Crippen LogP contribution in [0.15, 0.2) is 12.7 Å². The average Bonchev–Trinajstić information content (AvgIpc) is 2.05. The maximum atomic E-state index is 3.85. The van der Waals surface area contributed by atoms with Crippen LogP contribution < -0.4 is 5.32 Å². The van der Waals surface area contributed by atoms with Crippen LogP contribution in [0.25, 0.3) is 0 Å². The van der Waals surface area contributed by atoms with Crippen molar-refractivity contribution in [1.82, 2.24) is 5.32 Å². The lowest BCUT2D eigenvalue weighted by atomic mass is 9.90. The molecule has 1 nitrogen and oxygen atoms in total. The van der Waals surface area contributed by atoms with Crippen molar-refractivity contribution in [3.8, 4) is 0 Å². The van der Waals surface area contributed by atoms with Crippen LogP contribution in [-0.2, 0) is 0 Å². The molecule has 0 spiro atoms. The van der Waals surface area contributed by atoms with E-state index in [1.54, 1.807) is 0 Å². The summed E-state index contributed by atoms with van der Waals surface area (Å²) < 4.78 is 0. The zero-order chi connectivity index (χ0) is 9.56. The van der Waals surface area contributed by atoms with Gasteiger partial charge in [-0.1, -0.05) is 33.8 Å². The molecule has 2 unspecified atom stereocenters. The van der Waals surface area contributed by atoms with E-state index >= 15 is 0 Å². The van der Waals surface area contributed by atoms with E-state index in [1.807, 2.05) is 6.08 Å². The van der Waals surface area contributed by atoms with Crippen LogP contribution in [-0.4, -0.2) is 12.6 Å². The third kappa shape index (κ3) is 3.91. The molecule has 0 heterocycles. The van der Waals surface area contributed by atoms with Crippen molar-refractivity contribution >= 4 is 0 Å². The molecule has 12 heavy (non-hydrogen) atoms. The molecule has 0 aliphatic carbocycles. The summed E-state index contributed by atoms with van der Waals surface area (Å²) >= 11 is 0. The molecule has 0 saturated heterocycles. The lowest BCUT2D eigenvalue weighted by Crippen LogP contribution is -2.35. The molecule has 0 aromatic heterocycles. The predicted octanol–water partition coefficient (Wildman–Crippen LogP) is 2.83. The number of nitrogens with one attached hydrogen (secondary N) is 1. The molecule has 1 heteroatoms. The topological polar surface area (TPSA) is 12.0 Å². The quantitative estimate of drug-likeness (QED) is 0.603. The van der Waals surface area contributed by atoms with Crippen LogP contribution >= 0.6 is 0 Å². The normalized spacial score (nSPS) is 16.1. The minimum Gasteiger partial charge on any atom is -0.310 e. The Kier molecular flexibility index (Phi) is 6.09. The van der Waals surface area contributed by atoms with Gasteiger partial charge in [-0.15, -0.1) is 6.58 Å². The summed E-state index contributed by atoms with van der Waals surface area (Å²) in [6, 6.07) is 0.477. The molecular weight excluding hydrogens is 146 g/mol. The Labute approximate surface area is 77.2 Å². The Hall–Kier alpha value is -0.300. The van der Waals surface area contributed by atoms with E-state index in [4.69, 9.17) is 0 Å².